The molecule has 0 radical (unpaired) electrons. The summed E-state index contributed by atoms with van der Waals surface area (Å²) < 4.78 is 6.52. The Balaban J connectivity index is 1.88. The highest BCUT2D eigenvalue weighted by atomic mass is 79.9. The van der Waals surface area contributed by atoms with Crippen LogP contribution in [-0.2, 0) is 11.2 Å². The maximum Gasteiger partial charge on any atom is 0.0468 e. The highest BCUT2D eigenvalue weighted by molar-refractivity contribution is 9.10. The number of benzene rings is 1. The van der Waals surface area contributed by atoms with Gasteiger partial charge >= 0.3 is 0 Å². The molecule has 0 aliphatic carbocycles. The molecule has 1 aliphatic rings. The van der Waals surface area contributed by atoms with Crippen LogP contribution in [0.1, 0.15) is 24.8 Å². The van der Waals surface area contributed by atoms with Crippen LogP contribution in [0.2, 0.25) is 0 Å². The summed E-state index contributed by atoms with van der Waals surface area (Å²) in [7, 11) is 0. The van der Waals surface area contributed by atoms with Crippen molar-refractivity contribution in [2.45, 2.75) is 31.7 Å². The van der Waals surface area contributed by atoms with E-state index >= 15 is 0 Å². The number of hydrogen-bond donors (Lipinski definition) is 2. The second-order valence-electron chi connectivity index (χ2n) is 4.99. The first kappa shape index (κ1) is 14.0. The van der Waals surface area contributed by atoms with Gasteiger partial charge in [-0.05, 0) is 49.3 Å². The third-order valence-electron chi connectivity index (χ3n) is 3.57. The van der Waals surface area contributed by atoms with Crippen LogP contribution in [0.4, 0.5) is 0 Å². The molecule has 0 spiro atoms. The van der Waals surface area contributed by atoms with Crippen LogP contribution in [0, 0.1) is 5.92 Å². The van der Waals surface area contributed by atoms with E-state index in [0.29, 0.717) is 6.04 Å². The second kappa shape index (κ2) is 7.24. The van der Waals surface area contributed by atoms with E-state index < -0.39 is 0 Å². The summed E-state index contributed by atoms with van der Waals surface area (Å²) in [6, 6.07) is 8.78. The van der Waals surface area contributed by atoms with Crippen molar-refractivity contribution in [1.29, 1.82) is 0 Å². The molecule has 0 aromatic heterocycles. The maximum absolute atomic E-state index is 5.68. The average Bonchev–Trinajstić information content (AvgIpc) is 2.39. The van der Waals surface area contributed by atoms with E-state index in [2.05, 4.69) is 39.6 Å². The zero-order valence-electron chi connectivity index (χ0n) is 10.6. The number of hydrazine groups is 1. The van der Waals surface area contributed by atoms with E-state index in [1.807, 2.05) is 6.07 Å². The van der Waals surface area contributed by atoms with Gasteiger partial charge in [0.1, 0.15) is 0 Å². The van der Waals surface area contributed by atoms with Crippen molar-refractivity contribution >= 4 is 15.9 Å². The van der Waals surface area contributed by atoms with Gasteiger partial charge in [-0.1, -0.05) is 28.1 Å². The standard InChI is InChI=1S/C14H21BrN2O/c15-13-3-1-2-12(8-13)10-14(17-16)9-11-4-6-18-7-5-11/h1-3,8,11,14,17H,4-7,9-10,16H2. The molecule has 1 aromatic carbocycles. The van der Waals surface area contributed by atoms with E-state index in [-0.39, 0.29) is 0 Å². The Morgan fingerprint density at radius 2 is 2.17 bits per heavy atom. The van der Waals surface area contributed by atoms with Crippen molar-refractivity contribution in [3.05, 3.63) is 34.3 Å². The molecular weight excluding hydrogens is 292 g/mol. The summed E-state index contributed by atoms with van der Waals surface area (Å²) in [5.41, 5.74) is 4.28. The lowest BCUT2D eigenvalue weighted by Crippen LogP contribution is -2.39. The first-order valence-corrected chi connectivity index (χ1v) is 7.35. The average molecular weight is 313 g/mol. The Bertz CT molecular complexity index is 367. The van der Waals surface area contributed by atoms with Crippen LogP contribution in [0.25, 0.3) is 0 Å². The quantitative estimate of drug-likeness (QED) is 0.649. The number of halogens is 1. The molecule has 1 heterocycles. The van der Waals surface area contributed by atoms with Crippen LogP contribution in [-0.4, -0.2) is 19.3 Å². The minimum atomic E-state index is 0.349. The molecule has 1 unspecified atom stereocenters. The van der Waals surface area contributed by atoms with Crippen molar-refractivity contribution in [2.24, 2.45) is 11.8 Å². The van der Waals surface area contributed by atoms with E-state index in [4.69, 9.17) is 10.6 Å². The van der Waals surface area contributed by atoms with Crippen molar-refractivity contribution < 1.29 is 4.74 Å². The van der Waals surface area contributed by atoms with Gasteiger partial charge in [0.05, 0.1) is 0 Å². The fourth-order valence-electron chi connectivity index (χ4n) is 2.54. The van der Waals surface area contributed by atoms with Crippen molar-refractivity contribution in [3.63, 3.8) is 0 Å². The van der Waals surface area contributed by atoms with E-state index in [1.165, 1.54) is 5.56 Å². The molecule has 1 atom stereocenters. The Morgan fingerprint density at radius 3 is 2.83 bits per heavy atom. The fourth-order valence-corrected chi connectivity index (χ4v) is 2.99. The molecule has 2 rings (SSSR count). The van der Waals surface area contributed by atoms with Crippen molar-refractivity contribution in [3.8, 4) is 0 Å². The molecule has 18 heavy (non-hydrogen) atoms. The SMILES string of the molecule is NNC(Cc1cccc(Br)c1)CC1CCOCC1. The molecule has 0 saturated carbocycles. The third-order valence-corrected chi connectivity index (χ3v) is 4.06. The highest BCUT2D eigenvalue weighted by Gasteiger charge is 2.18. The summed E-state index contributed by atoms with van der Waals surface area (Å²) in [5.74, 6) is 6.43. The topological polar surface area (TPSA) is 47.3 Å². The molecule has 0 amide bonds. The first-order chi connectivity index (χ1) is 8.78. The van der Waals surface area contributed by atoms with Gasteiger partial charge in [0.15, 0.2) is 0 Å². The summed E-state index contributed by atoms with van der Waals surface area (Å²) in [6.45, 7) is 1.80. The zero-order valence-corrected chi connectivity index (χ0v) is 12.2. The Hall–Kier alpha value is -0.420. The Morgan fingerprint density at radius 1 is 1.39 bits per heavy atom. The molecule has 1 aromatic rings. The maximum atomic E-state index is 5.68. The van der Waals surface area contributed by atoms with Crippen LogP contribution in [0.15, 0.2) is 28.7 Å². The van der Waals surface area contributed by atoms with Gasteiger partial charge in [0, 0.05) is 23.7 Å². The summed E-state index contributed by atoms with van der Waals surface area (Å²) in [4.78, 5) is 0. The van der Waals surface area contributed by atoms with Crippen molar-refractivity contribution in [2.75, 3.05) is 13.2 Å². The number of nitrogens with one attached hydrogen (secondary N) is 1. The van der Waals surface area contributed by atoms with E-state index in [0.717, 1.165) is 49.3 Å². The van der Waals surface area contributed by atoms with Crippen LogP contribution >= 0.6 is 15.9 Å². The number of rotatable bonds is 5. The lowest BCUT2D eigenvalue weighted by Gasteiger charge is -2.26. The molecule has 4 heteroatoms. The predicted molar refractivity (Wildman–Crippen MR) is 77.1 cm³/mol. The molecule has 1 fully saturated rings. The highest BCUT2D eigenvalue weighted by Crippen LogP contribution is 2.22. The zero-order chi connectivity index (χ0) is 12.8. The molecule has 1 saturated heterocycles. The number of hydrogen-bond acceptors (Lipinski definition) is 3. The van der Waals surface area contributed by atoms with Crippen LogP contribution in [0.3, 0.4) is 0 Å². The number of ether oxygens (including phenoxy) is 1. The van der Waals surface area contributed by atoms with Gasteiger partial charge in [-0.2, -0.15) is 0 Å². The Labute approximate surface area is 117 Å². The molecule has 100 valence electrons. The van der Waals surface area contributed by atoms with Gasteiger partial charge in [-0.3, -0.25) is 11.3 Å². The summed E-state index contributed by atoms with van der Waals surface area (Å²) in [5, 5.41) is 0. The van der Waals surface area contributed by atoms with Gasteiger partial charge in [0.25, 0.3) is 0 Å². The van der Waals surface area contributed by atoms with Gasteiger partial charge < -0.3 is 4.74 Å². The minimum Gasteiger partial charge on any atom is -0.381 e. The lowest BCUT2D eigenvalue weighted by atomic mass is 9.90. The normalized spacial score (nSPS) is 18.8. The predicted octanol–water partition coefficient (Wildman–Crippen LogP) is 2.64. The second-order valence-corrected chi connectivity index (χ2v) is 5.90. The van der Waals surface area contributed by atoms with Crippen LogP contribution < -0.4 is 11.3 Å². The van der Waals surface area contributed by atoms with Gasteiger partial charge in [0.2, 0.25) is 0 Å². The van der Waals surface area contributed by atoms with Gasteiger partial charge in [-0.15, -0.1) is 0 Å². The Kier molecular flexibility index (Phi) is 5.63. The fraction of sp³-hybridized carbons (Fsp3) is 0.571. The molecule has 0 bridgehead atoms. The summed E-state index contributed by atoms with van der Waals surface area (Å²) >= 11 is 3.50. The molecule has 3 N–H and O–H groups in total. The minimum absolute atomic E-state index is 0.349. The largest absolute Gasteiger partial charge is 0.381 e. The lowest BCUT2D eigenvalue weighted by molar-refractivity contribution is 0.0605. The smallest absolute Gasteiger partial charge is 0.0468 e. The first-order valence-electron chi connectivity index (χ1n) is 6.56. The monoisotopic (exact) mass is 312 g/mol. The molecule has 3 nitrogen and oxygen atoms in total. The van der Waals surface area contributed by atoms with E-state index in [1.54, 1.807) is 0 Å². The molecule has 1 aliphatic heterocycles. The number of nitrogens with two attached hydrogens (primary N) is 1. The van der Waals surface area contributed by atoms with Gasteiger partial charge in [-0.25, -0.2) is 0 Å². The third kappa shape index (κ3) is 4.35. The molecular formula is C14H21BrN2O. The summed E-state index contributed by atoms with van der Waals surface area (Å²) in [6.07, 6.45) is 4.44. The van der Waals surface area contributed by atoms with Crippen LogP contribution in [0.5, 0.6) is 0 Å². The van der Waals surface area contributed by atoms with Crippen molar-refractivity contribution in [1.82, 2.24) is 5.43 Å². The van der Waals surface area contributed by atoms with E-state index in [9.17, 15) is 0 Å².